The molecular formula is C4H6Cl3NO2. The molecule has 0 radical (unpaired) electrons. The van der Waals surface area contributed by atoms with Gasteiger partial charge >= 0.3 is 5.97 Å². The largest absolute Gasteiger partial charge is 0.444 e. The number of esters is 1. The summed E-state index contributed by atoms with van der Waals surface area (Å²) >= 11 is 15.4. The number of ether oxygens (including phenoxy) is 1. The van der Waals surface area contributed by atoms with Crippen molar-refractivity contribution in [3.8, 4) is 0 Å². The van der Waals surface area contributed by atoms with Gasteiger partial charge in [-0.2, -0.15) is 0 Å². The van der Waals surface area contributed by atoms with Crippen molar-refractivity contribution in [3.05, 3.63) is 0 Å². The molecule has 0 saturated heterocycles. The highest BCUT2D eigenvalue weighted by molar-refractivity contribution is 6.75. The molecular weight excluding hydrogens is 200 g/mol. The van der Waals surface area contributed by atoms with Crippen LogP contribution in [0.1, 0.15) is 6.92 Å². The molecule has 2 N–H and O–H groups in total. The Labute approximate surface area is 73.4 Å². The molecule has 0 amide bonds. The van der Waals surface area contributed by atoms with E-state index < -0.39 is 16.0 Å². The van der Waals surface area contributed by atoms with Crippen molar-refractivity contribution in [2.45, 2.75) is 16.9 Å². The lowest BCUT2D eigenvalue weighted by Gasteiger charge is -2.12. The second-order valence-corrected chi connectivity index (χ2v) is 3.89. The molecule has 0 aromatic rings. The van der Waals surface area contributed by atoms with E-state index in [9.17, 15) is 4.79 Å². The summed E-state index contributed by atoms with van der Waals surface area (Å²) in [6.45, 7) is 1.45. The molecule has 1 atom stereocenters. The number of hydrogen-bond acceptors (Lipinski definition) is 3. The van der Waals surface area contributed by atoms with Gasteiger partial charge in [-0.05, 0) is 6.92 Å². The Morgan fingerprint density at radius 3 is 2.10 bits per heavy atom. The molecule has 0 saturated carbocycles. The van der Waals surface area contributed by atoms with Crippen molar-refractivity contribution >= 4 is 40.8 Å². The smallest absolute Gasteiger partial charge is 0.360 e. The van der Waals surface area contributed by atoms with Crippen LogP contribution in [-0.4, -0.2) is 16.0 Å². The van der Waals surface area contributed by atoms with Crippen LogP contribution in [0, 0.1) is 0 Å². The maximum absolute atomic E-state index is 10.6. The van der Waals surface area contributed by atoms with Crippen molar-refractivity contribution in [1.82, 2.24) is 0 Å². The van der Waals surface area contributed by atoms with Crippen molar-refractivity contribution < 1.29 is 9.53 Å². The van der Waals surface area contributed by atoms with Crippen LogP contribution in [0.3, 0.4) is 0 Å². The summed E-state index contributed by atoms with van der Waals surface area (Å²) in [7, 11) is 0. The second-order valence-electron chi connectivity index (χ2n) is 1.61. The lowest BCUT2D eigenvalue weighted by molar-refractivity contribution is -0.146. The maximum atomic E-state index is 10.6. The first-order valence-electron chi connectivity index (χ1n) is 2.37. The van der Waals surface area contributed by atoms with E-state index >= 15 is 0 Å². The van der Waals surface area contributed by atoms with E-state index in [0.717, 1.165) is 0 Å². The average Bonchev–Trinajstić information content (AvgIpc) is 1.60. The molecule has 3 nitrogen and oxygen atoms in total. The minimum atomic E-state index is -2.03. The van der Waals surface area contributed by atoms with Crippen molar-refractivity contribution in [1.29, 1.82) is 0 Å². The van der Waals surface area contributed by atoms with Gasteiger partial charge in [-0.25, -0.2) is 4.79 Å². The summed E-state index contributed by atoms with van der Waals surface area (Å²) in [6.07, 6.45) is -0.761. The normalized spacial score (nSPS) is 14.5. The number of carbonyl (C=O) groups is 1. The molecule has 0 spiro atoms. The maximum Gasteiger partial charge on any atom is 0.360 e. The van der Waals surface area contributed by atoms with Gasteiger partial charge in [0.1, 0.15) is 6.23 Å². The van der Waals surface area contributed by atoms with Crippen molar-refractivity contribution in [2.75, 3.05) is 0 Å². The predicted molar refractivity (Wildman–Crippen MR) is 40.0 cm³/mol. The monoisotopic (exact) mass is 205 g/mol. The topological polar surface area (TPSA) is 52.3 Å². The number of rotatable bonds is 1. The highest BCUT2D eigenvalue weighted by Gasteiger charge is 2.33. The Kier molecular flexibility index (Phi) is 3.73. The van der Waals surface area contributed by atoms with Crippen LogP contribution in [0.2, 0.25) is 0 Å². The van der Waals surface area contributed by atoms with E-state index in [4.69, 9.17) is 40.5 Å². The molecule has 0 aliphatic carbocycles. The van der Waals surface area contributed by atoms with E-state index in [1.165, 1.54) is 6.92 Å². The molecule has 0 fully saturated rings. The summed E-state index contributed by atoms with van der Waals surface area (Å²) < 4.78 is 2.32. The average molecular weight is 206 g/mol. The van der Waals surface area contributed by atoms with Crippen LogP contribution in [0.5, 0.6) is 0 Å². The molecule has 0 aliphatic rings. The summed E-state index contributed by atoms with van der Waals surface area (Å²) in [6, 6.07) is 0. The van der Waals surface area contributed by atoms with Crippen LogP contribution in [0.25, 0.3) is 0 Å². The third kappa shape index (κ3) is 4.17. The summed E-state index contributed by atoms with van der Waals surface area (Å²) in [5.74, 6) is -0.965. The Morgan fingerprint density at radius 2 is 2.00 bits per heavy atom. The number of nitrogens with two attached hydrogens (primary N) is 1. The first kappa shape index (κ1) is 10.3. The third-order valence-corrected chi connectivity index (χ3v) is 0.987. The molecule has 0 heterocycles. The zero-order valence-corrected chi connectivity index (χ0v) is 7.37. The first-order chi connectivity index (χ1) is 4.34. The fourth-order valence-corrected chi connectivity index (χ4v) is 0.369. The summed E-state index contributed by atoms with van der Waals surface area (Å²) in [4.78, 5) is 10.6. The minimum Gasteiger partial charge on any atom is -0.444 e. The SMILES string of the molecule is CC(N)OC(=O)C(Cl)(Cl)Cl. The van der Waals surface area contributed by atoms with Gasteiger partial charge in [0, 0.05) is 0 Å². The predicted octanol–water partition coefficient (Wildman–Crippen LogP) is 1.20. The van der Waals surface area contributed by atoms with Crippen LogP contribution < -0.4 is 5.73 Å². The second kappa shape index (κ2) is 3.62. The quantitative estimate of drug-likeness (QED) is 0.398. The van der Waals surface area contributed by atoms with Crippen LogP contribution in [-0.2, 0) is 9.53 Å². The number of carbonyl (C=O) groups excluding carboxylic acids is 1. The van der Waals surface area contributed by atoms with Crippen molar-refractivity contribution in [2.24, 2.45) is 5.73 Å². The van der Waals surface area contributed by atoms with Crippen molar-refractivity contribution in [3.63, 3.8) is 0 Å². The Morgan fingerprint density at radius 1 is 1.60 bits per heavy atom. The van der Waals surface area contributed by atoms with E-state index in [0.29, 0.717) is 0 Å². The van der Waals surface area contributed by atoms with E-state index in [-0.39, 0.29) is 0 Å². The highest BCUT2D eigenvalue weighted by atomic mass is 35.6. The lowest BCUT2D eigenvalue weighted by atomic mass is 10.7. The highest BCUT2D eigenvalue weighted by Crippen LogP contribution is 2.27. The third-order valence-electron chi connectivity index (χ3n) is 0.524. The van der Waals surface area contributed by atoms with Gasteiger partial charge in [0.2, 0.25) is 0 Å². The molecule has 6 heteroatoms. The van der Waals surface area contributed by atoms with Crippen LogP contribution >= 0.6 is 34.8 Å². The number of alkyl halides is 3. The van der Waals surface area contributed by atoms with Gasteiger partial charge in [-0.15, -0.1) is 0 Å². The summed E-state index contributed by atoms with van der Waals surface area (Å²) in [5.41, 5.74) is 5.07. The van der Waals surface area contributed by atoms with Gasteiger partial charge < -0.3 is 4.74 Å². The molecule has 0 aromatic carbocycles. The Hall–Kier alpha value is 0.300. The van der Waals surface area contributed by atoms with Crippen LogP contribution in [0.4, 0.5) is 0 Å². The number of hydrogen-bond donors (Lipinski definition) is 1. The van der Waals surface area contributed by atoms with Crippen LogP contribution in [0.15, 0.2) is 0 Å². The van der Waals surface area contributed by atoms with Gasteiger partial charge in [-0.1, -0.05) is 34.8 Å². The van der Waals surface area contributed by atoms with E-state index in [1.54, 1.807) is 0 Å². The standard InChI is InChI=1S/C4H6Cl3NO2/c1-2(8)10-3(9)4(5,6)7/h2H,8H2,1H3. The molecule has 10 heavy (non-hydrogen) atoms. The fraction of sp³-hybridized carbons (Fsp3) is 0.750. The van der Waals surface area contributed by atoms with Gasteiger partial charge in [0.15, 0.2) is 0 Å². The van der Waals surface area contributed by atoms with Gasteiger partial charge in [0.25, 0.3) is 3.79 Å². The zero-order valence-electron chi connectivity index (χ0n) is 5.11. The number of halogens is 3. The molecule has 0 rings (SSSR count). The minimum absolute atomic E-state index is 0.761. The Bertz CT molecular complexity index is 131. The molecule has 1 unspecified atom stereocenters. The zero-order chi connectivity index (χ0) is 8.36. The van der Waals surface area contributed by atoms with Gasteiger partial charge in [0.05, 0.1) is 0 Å². The van der Waals surface area contributed by atoms with Gasteiger partial charge in [-0.3, -0.25) is 5.73 Å². The lowest BCUT2D eigenvalue weighted by Crippen LogP contribution is -2.30. The fourth-order valence-electron chi connectivity index (χ4n) is 0.236. The Balaban J connectivity index is 3.87. The molecule has 0 aromatic heterocycles. The van der Waals surface area contributed by atoms with E-state index in [2.05, 4.69) is 4.74 Å². The molecule has 0 bridgehead atoms. The molecule has 0 aliphatic heterocycles. The van der Waals surface area contributed by atoms with E-state index in [1.807, 2.05) is 0 Å². The molecule has 60 valence electrons. The first-order valence-corrected chi connectivity index (χ1v) is 3.51. The summed E-state index contributed by atoms with van der Waals surface area (Å²) in [5, 5.41) is 0.